The van der Waals surface area contributed by atoms with Gasteiger partial charge in [-0.15, -0.1) is 0 Å². The minimum absolute atomic E-state index is 0.0265. The van der Waals surface area contributed by atoms with Crippen LogP contribution in [0.3, 0.4) is 0 Å². The summed E-state index contributed by atoms with van der Waals surface area (Å²) < 4.78 is 37.3. The van der Waals surface area contributed by atoms with Crippen molar-refractivity contribution < 1.29 is 18.0 Å². The fourth-order valence-corrected chi connectivity index (χ4v) is 1.47. The SMILES string of the molecule is O=C1CN(c2nccc(C(F)(F)F)n2)CCN1. The lowest BCUT2D eigenvalue weighted by atomic mass is 10.3. The van der Waals surface area contributed by atoms with Crippen molar-refractivity contribution in [2.24, 2.45) is 0 Å². The van der Waals surface area contributed by atoms with Crippen LogP contribution in [-0.4, -0.2) is 35.5 Å². The van der Waals surface area contributed by atoms with Crippen LogP contribution < -0.4 is 10.2 Å². The van der Waals surface area contributed by atoms with Gasteiger partial charge in [-0.1, -0.05) is 0 Å². The third kappa shape index (κ3) is 2.63. The first-order chi connectivity index (χ1) is 7.97. The number of carbonyl (C=O) groups excluding carboxylic acids is 1. The first-order valence-corrected chi connectivity index (χ1v) is 4.89. The van der Waals surface area contributed by atoms with E-state index in [-0.39, 0.29) is 18.4 Å². The van der Waals surface area contributed by atoms with Crippen LogP contribution in [0.1, 0.15) is 5.69 Å². The van der Waals surface area contributed by atoms with E-state index in [0.717, 1.165) is 12.3 Å². The second-order valence-electron chi connectivity index (χ2n) is 3.51. The number of rotatable bonds is 1. The molecule has 1 aliphatic heterocycles. The molecule has 1 aromatic rings. The highest BCUT2D eigenvalue weighted by molar-refractivity contribution is 5.81. The zero-order valence-corrected chi connectivity index (χ0v) is 8.66. The summed E-state index contributed by atoms with van der Waals surface area (Å²) >= 11 is 0. The largest absolute Gasteiger partial charge is 0.433 e. The molecular formula is C9H9F3N4O. The first-order valence-electron chi connectivity index (χ1n) is 4.89. The van der Waals surface area contributed by atoms with E-state index < -0.39 is 11.9 Å². The molecule has 1 saturated heterocycles. The van der Waals surface area contributed by atoms with Gasteiger partial charge in [-0.05, 0) is 6.07 Å². The number of hydrogen-bond donors (Lipinski definition) is 1. The smallest absolute Gasteiger partial charge is 0.353 e. The van der Waals surface area contributed by atoms with Gasteiger partial charge in [-0.3, -0.25) is 4.79 Å². The van der Waals surface area contributed by atoms with Crippen molar-refractivity contribution in [1.29, 1.82) is 0 Å². The summed E-state index contributed by atoms with van der Waals surface area (Å²) in [4.78, 5) is 19.7. The molecule has 0 aliphatic carbocycles. The Balaban J connectivity index is 2.24. The highest BCUT2D eigenvalue weighted by Crippen LogP contribution is 2.28. The number of carbonyl (C=O) groups is 1. The Kier molecular flexibility index (Phi) is 2.86. The van der Waals surface area contributed by atoms with Crippen molar-refractivity contribution in [3.8, 4) is 0 Å². The number of halogens is 3. The van der Waals surface area contributed by atoms with Crippen molar-refractivity contribution >= 4 is 11.9 Å². The van der Waals surface area contributed by atoms with Gasteiger partial charge in [0, 0.05) is 19.3 Å². The molecule has 1 N–H and O–H groups in total. The third-order valence-electron chi connectivity index (χ3n) is 2.25. The predicted octanol–water partition coefficient (Wildman–Crippen LogP) is 0.432. The van der Waals surface area contributed by atoms with Crippen LogP contribution in [0.15, 0.2) is 12.3 Å². The lowest BCUT2D eigenvalue weighted by Gasteiger charge is -2.26. The molecular weight excluding hydrogens is 237 g/mol. The van der Waals surface area contributed by atoms with Gasteiger partial charge in [0.05, 0.1) is 6.54 Å². The summed E-state index contributed by atoms with van der Waals surface area (Å²) in [7, 11) is 0. The van der Waals surface area contributed by atoms with Crippen LogP contribution in [-0.2, 0) is 11.0 Å². The van der Waals surface area contributed by atoms with Crippen LogP contribution in [0.2, 0.25) is 0 Å². The second kappa shape index (κ2) is 4.19. The van der Waals surface area contributed by atoms with E-state index in [4.69, 9.17) is 0 Å². The molecule has 0 unspecified atom stereocenters. The molecule has 1 aliphatic rings. The maximum absolute atomic E-state index is 12.4. The van der Waals surface area contributed by atoms with E-state index in [2.05, 4.69) is 15.3 Å². The van der Waals surface area contributed by atoms with Gasteiger partial charge in [0.1, 0.15) is 5.69 Å². The molecule has 0 bridgehead atoms. The Morgan fingerprint density at radius 2 is 2.18 bits per heavy atom. The van der Waals surface area contributed by atoms with E-state index in [1.807, 2.05) is 0 Å². The Morgan fingerprint density at radius 3 is 2.82 bits per heavy atom. The molecule has 92 valence electrons. The zero-order chi connectivity index (χ0) is 12.5. The second-order valence-corrected chi connectivity index (χ2v) is 3.51. The van der Waals surface area contributed by atoms with Crippen molar-refractivity contribution in [3.63, 3.8) is 0 Å². The van der Waals surface area contributed by atoms with Crippen molar-refractivity contribution in [2.45, 2.75) is 6.18 Å². The molecule has 5 nitrogen and oxygen atoms in total. The number of nitrogens with zero attached hydrogens (tertiary/aromatic N) is 3. The fourth-order valence-electron chi connectivity index (χ4n) is 1.47. The van der Waals surface area contributed by atoms with Crippen LogP contribution in [0.25, 0.3) is 0 Å². The molecule has 0 saturated carbocycles. The molecule has 0 atom stereocenters. The van der Waals surface area contributed by atoms with Crippen molar-refractivity contribution in [1.82, 2.24) is 15.3 Å². The van der Waals surface area contributed by atoms with Crippen molar-refractivity contribution in [2.75, 3.05) is 24.5 Å². The lowest BCUT2D eigenvalue weighted by molar-refractivity contribution is -0.141. The maximum atomic E-state index is 12.4. The summed E-state index contributed by atoms with van der Waals surface area (Å²) in [5.74, 6) is -0.327. The third-order valence-corrected chi connectivity index (χ3v) is 2.25. The van der Waals surface area contributed by atoms with Gasteiger partial charge >= 0.3 is 6.18 Å². The fraction of sp³-hybridized carbons (Fsp3) is 0.444. The van der Waals surface area contributed by atoms with Crippen LogP contribution in [0.4, 0.5) is 19.1 Å². The quantitative estimate of drug-likeness (QED) is 0.780. The minimum atomic E-state index is -4.50. The monoisotopic (exact) mass is 246 g/mol. The molecule has 0 aromatic carbocycles. The zero-order valence-electron chi connectivity index (χ0n) is 8.66. The van der Waals surface area contributed by atoms with Gasteiger partial charge in [-0.2, -0.15) is 13.2 Å². The van der Waals surface area contributed by atoms with Crippen molar-refractivity contribution in [3.05, 3.63) is 18.0 Å². The van der Waals surface area contributed by atoms with Gasteiger partial charge in [0.15, 0.2) is 0 Å². The topological polar surface area (TPSA) is 58.1 Å². The van der Waals surface area contributed by atoms with Gasteiger partial charge in [0.2, 0.25) is 11.9 Å². The van der Waals surface area contributed by atoms with Crippen LogP contribution >= 0.6 is 0 Å². The van der Waals surface area contributed by atoms with E-state index in [0.29, 0.717) is 13.1 Å². The molecule has 8 heteroatoms. The number of hydrogen-bond acceptors (Lipinski definition) is 4. The first kappa shape index (κ1) is 11.6. The average Bonchev–Trinajstić information content (AvgIpc) is 2.28. The van der Waals surface area contributed by atoms with E-state index in [1.54, 1.807) is 0 Å². The molecule has 0 spiro atoms. The summed E-state index contributed by atoms with van der Waals surface area (Å²) in [5.41, 5.74) is -1.01. The number of alkyl halides is 3. The Morgan fingerprint density at radius 1 is 1.41 bits per heavy atom. The molecule has 1 fully saturated rings. The van der Waals surface area contributed by atoms with Gasteiger partial charge < -0.3 is 10.2 Å². The normalized spacial score (nSPS) is 16.9. The maximum Gasteiger partial charge on any atom is 0.433 e. The summed E-state index contributed by atoms with van der Waals surface area (Å²) in [6.07, 6.45) is -3.46. The molecule has 0 radical (unpaired) electrons. The molecule has 1 aromatic heterocycles. The average molecular weight is 246 g/mol. The van der Waals surface area contributed by atoms with Crippen LogP contribution in [0.5, 0.6) is 0 Å². The predicted molar refractivity (Wildman–Crippen MR) is 52.3 cm³/mol. The van der Waals surface area contributed by atoms with Gasteiger partial charge in [-0.25, -0.2) is 9.97 Å². The van der Waals surface area contributed by atoms with E-state index >= 15 is 0 Å². The number of piperazine rings is 1. The van der Waals surface area contributed by atoms with E-state index in [9.17, 15) is 18.0 Å². The van der Waals surface area contributed by atoms with E-state index in [1.165, 1.54) is 4.90 Å². The number of aromatic nitrogens is 2. The molecule has 2 heterocycles. The van der Waals surface area contributed by atoms with Gasteiger partial charge in [0.25, 0.3) is 0 Å². The summed E-state index contributed by atoms with van der Waals surface area (Å²) in [6.45, 7) is 0.743. The lowest BCUT2D eigenvalue weighted by Crippen LogP contribution is -2.48. The summed E-state index contributed by atoms with van der Waals surface area (Å²) in [5, 5.41) is 2.57. The molecule has 17 heavy (non-hydrogen) atoms. The number of amides is 1. The highest BCUT2D eigenvalue weighted by atomic mass is 19.4. The highest BCUT2D eigenvalue weighted by Gasteiger charge is 2.33. The Labute approximate surface area is 94.7 Å². The Bertz CT molecular complexity index is 434. The standard InChI is InChI=1S/C9H9F3N4O/c10-9(11,12)6-1-2-14-8(15-6)16-4-3-13-7(17)5-16/h1-2H,3-5H2,(H,13,17). The summed E-state index contributed by atoms with van der Waals surface area (Å²) in [6, 6.07) is 0.799. The number of anilines is 1. The molecule has 1 amide bonds. The van der Waals surface area contributed by atoms with Crippen LogP contribution in [0, 0.1) is 0 Å². The molecule has 2 rings (SSSR count). The minimum Gasteiger partial charge on any atom is -0.353 e. The number of nitrogens with one attached hydrogen (secondary N) is 1. The Hall–Kier alpha value is -1.86.